The molecule has 0 saturated carbocycles. The molecule has 2 atom stereocenters. The molecule has 0 bridgehead atoms. The summed E-state index contributed by atoms with van der Waals surface area (Å²) >= 11 is 12.2. The number of carbonyl (C=O) groups is 2. The third kappa shape index (κ3) is 7.96. The first kappa shape index (κ1) is 31.9. The number of sulfonamides is 1. The Morgan fingerprint density at radius 3 is 2.27 bits per heavy atom. The van der Waals surface area contributed by atoms with Gasteiger partial charge in [-0.2, -0.15) is 0 Å². The molecule has 0 fully saturated rings. The first-order chi connectivity index (χ1) is 19.3. The molecule has 0 unspecified atom stereocenters. The Balaban J connectivity index is 2.07. The summed E-state index contributed by atoms with van der Waals surface area (Å²) in [5.41, 5.74) is 0.128. The number of nitrogens with zero attached hydrogens (tertiary/aromatic N) is 3. The van der Waals surface area contributed by atoms with Gasteiger partial charge in [-0.3, -0.25) is 24.0 Å². The second-order valence-corrected chi connectivity index (χ2v) is 12.0. The molecule has 0 aromatic heterocycles. The fourth-order valence-electron chi connectivity index (χ4n) is 3.89. The van der Waals surface area contributed by atoms with Gasteiger partial charge in [0.1, 0.15) is 12.6 Å². The molecule has 41 heavy (non-hydrogen) atoms. The van der Waals surface area contributed by atoms with E-state index in [1.165, 1.54) is 54.3 Å². The predicted molar refractivity (Wildman–Crippen MR) is 158 cm³/mol. The minimum atomic E-state index is -4.36. The van der Waals surface area contributed by atoms with Crippen molar-refractivity contribution in [1.82, 2.24) is 10.2 Å². The van der Waals surface area contributed by atoms with Crippen molar-refractivity contribution in [1.29, 1.82) is 0 Å². The number of carbonyl (C=O) groups excluding carboxylic acids is 2. The van der Waals surface area contributed by atoms with Gasteiger partial charge in [-0.05, 0) is 56.2 Å². The minimum Gasteiger partial charge on any atom is -0.352 e. The third-order valence-corrected chi connectivity index (χ3v) is 8.97. The van der Waals surface area contributed by atoms with E-state index in [2.05, 4.69) is 5.32 Å². The lowest BCUT2D eigenvalue weighted by atomic mass is 10.1. The molecule has 3 aromatic carbocycles. The molecule has 13 heteroatoms. The monoisotopic (exact) mass is 620 g/mol. The Hall–Kier alpha value is -3.67. The Kier molecular flexibility index (Phi) is 10.7. The van der Waals surface area contributed by atoms with Crippen molar-refractivity contribution in [3.63, 3.8) is 0 Å². The molecular weight excluding hydrogens is 591 g/mol. The van der Waals surface area contributed by atoms with E-state index in [9.17, 15) is 28.1 Å². The van der Waals surface area contributed by atoms with Crippen LogP contribution in [0.2, 0.25) is 10.0 Å². The standard InChI is InChI=1S/C28H30Cl2N4O6S/c1-4-19(2)31-28(36)20(3)32(17-21-13-14-25(29)26(30)15-21)27(35)18-33(22-9-8-10-23(16-22)34(37)38)41(39,40)24-11-6-5-7-12-24/h5-16,19-20H,4,17-18H2,1-3H3,(H,31,36)/t19-,20+/m0/s1. The maximum atomic E-state index is 13.9. The number of hydrogen-bond acceptors (Lipinski definition) is 6. The molecule has 2 amide bonds. The van der Waals surface area contributed by atoms with Crippen molar-refractivity contribution in [2.45, 2.75) is 50.7 Å². The van der Waals surface area contributed by atoms with E-state index in [-0.39, 0.29) is 33.9 Å². The Labute approximate surface area is 249 Å². The highest BCUT2D eigenvalue weighted by Crippen LogP contribution is 2.28. The second kappa shape index (κ2) is 13.8. The largest absolute Gasteiger partial charge is 0.352 e. The summed E-state index contributed by atoms with van der Waals surface area (Å²) in [6, 6.07) is 16.0. The van der Waals surface area contributed by atoms with Gasteiger partial charge in [0.15, 0.2) is 0 Å². The Morgan fingerprint density at radius 1 is 0.976 bits per heavy atom. The van der Waals surface area contributed by atoms with Crippen LogP contribution in [0, 0.1) is 10.1 Å². The number of amides is 2. The smallest absolute Gasteiger partial charge is 0.271 e. The highest BCUT2D eigenvalue weighted by atomic mass is 35.5. The molecule has 3 aromatic rings. The molecule has 0 saturated heterocycles. The molecule has 218 valence electrons. The zero-order valence-electron chi connectivity index (χ0n) is 22.7. The van der Waals surface area contributed by atoms with Crippen LogP contribution in [0.5, 0.6) is 0 Å². The molecule has 3 rings (SSSR count). The van der Waals surface area contributed by atoms with Gasteiger partial charge < -0.3 is 10.2 Å². The van der Waals surface area contributed by atoms with Crippen LogP contribution in [-0.4, -0.2) is 48.7 Å². The summed E-state index contributed by atoms with van der Waals surface area (Å²) in [6.45, 7) is 4.45. The van der Waals surface area contributed by atoms with Crippen LogP contribution in [0.25, 0.3) is 0 Å². The van der Waals surface area contributed by atoms with Crippen molar-refractivity contribution >= 4 is 56.4 Å². The van der Waals surface area contributed by atoms with Gasteiger partial charge >= 0.3 is 0 Å². The predicted octanol–water partition coefficient (Wildman–Crippen LogP) is 5.43. The summed E-state index contributed by atoms with van der Waals surface area (Å²) in [6.07, 6.45) is 0.662. The topological polar surface area (TPSA) is 130 Å². The highest BCUT2D eigenvalue weighted by Gasteiger charge is 2.33. The lowest BCUT2D eigenvalue weighted by Gasteiger charge is -2.32. The zero-order chi connectivity index (χ0) is 30.3. The summed E-state index contributed by atoms with van der Waals surface area (Å²) in [5.74, 6) is -1.14. The molecule has 0 aliphatic rings. The maximum absolute atomic E-state index is 13.9. The van der Waals surface area contributed by atoms with Crippen molar-refractivity contribution < 1.29 is 22.9 Å². The van der Waals surface area contributed by atoms with Crippen molar-refractivity contribution in [3.05, 3.63) is 98.5 Å². The first-order valence-electron chi connectivity index (χ1n) is 12.7. The molecule has 1 N–H and O–H groups in total. The number of nitrogens with one attached hydrogen (secondary N) is 1. The van der Waals surface area contributed by atoms with Crippen molar-refractivity contribution in [2.24, 2.45) is 0 Å². The Bertz CT molecular complexity index is 1520. The van der Waals surface area contributed by atoms with E-state index in [4.69, 9.17) is 23.2 Å². The van der Waals surface area contributed by atoms with Crippen LogP contribution in [0.4, 0.5) is 11.4 Å². The highest BCUT2D eigenvalue weighted by molar-refractivity contribution is 7.92. The molecular formula is C28H30Cl2N4O6S. The number of benzene rings is 3. The molecule has 0 aliphatic carbocycles. The molecule has 0 radical (unpaired) electrons. The quantitative estimate of drug-likeness (QED) is 0.212. The number of nitro benzene ring substituents is 1. The maximum Gasteiger partial charge on any atom is 0.271 e. The number of non-ortho nitro benzene ring substituents is 1. The zero-order valence-corrected chi connectivity index (χ0v) is 25.0. The second-order valence-electron chi connectivity index (χ2n) is 9.37. The lowest BCUT2D eigenvalue weighted by Crippen LogP contribution is -2.52. The lowest BCUT2D eigenvalue weighted by molar-refractivity contribution is -0.384. The van der Waals surface area contributed by atoms with Gasteiger partial charge in [0.25, 0.3) is 15.7 Å². The average molecular weight is 622 g/mol. The van der Waals surface area contributed by atoms with Crippen LogP contribution in [0.3, 0.4) is 0 Å². The molecule has 0 heterocycles. The molecule has 0 spiro atoms. The number of nitro groups is 1. The van der Waals surface area contributed by atoms with Crippen LogP contribution < -0.4 is 9.62 Å². The fraction of sp³-hybridized carbons (Fsp3) is 0.286. The minimum absolute atomic E-state index is 0.0809. The number of halogens is 2. The average Bonchev–Trinajstić information content (AvgIpc) is 2.96. The van der Waals surface area contributed by atoms with Crippen molar-refractivity contribution in [2.75, 3.05) is 10.8 Å². The van der Waals surface area contributed by atoms with Gasteiger partial charge in [0.2, 0.25) is 11.8 Å². The van der Waals surface area contributed by atoms with Gasteiger partial charge in [-0.15, -0.1) is 0 Å². The van der Waals surface area contributed by atoms with Gasteiger partial charge in [0, 0.05) is 24.7 Å². The van der Waals surface area contributed by atoms with E-state index in [0.29, 0.717) is 17.0 Å². The fourth-order valence-corrected chi connectivity index (χ4v) is 5.64. The summed E-state index contributed by atoms with van der Waals surface area (Å²) in [4.78, 5) is 39.0. The van der Waals surface area contributed by atoms with Gasteiger partial charge in [-0.1, -0.05) is 60.5 Å². The first-order valence-corrected chi connectivity index (χ1v) is 14.9. The number of rotatable bonds is 12. The number of anilines is 1. The normalized spacial score (nSPS) is 12.7. The molecule has 0 aliphatic heterocycles. The summed E-state index contributed by atoms with van der Waals surface area (Å²) in [7, 11) is -4.36. The van der Waals surface area contributed by atoms with Crippen LogP contribution in [0.15, 0.2) is 77.7 Å². The van der Waals surface area contributed by atoms with Crippen LogP contribution >= 0.6 is 23.2 Å². The van der Waals surface area contributed by atoms with Gasteiger partial charge in [-0.25, -0.2) is 8.42 Å². The van der Waals surface area contributed by atoms with E-state index in [1.54, 1.807) is 24.3 Å². The number of hydrogen-bond donors (Lipinski definition) is 1. The summed E-state index contributed by atoms with van der Waals surface area (Å²) < 4.78 is 28.4. The van der Waals surface area contributed by atoms with Crippen LogP contribution in [0.1, 0.15) is 32.8 Å². The van der Waals surface area contributed by atoms with E-state index in [1.807, 2.05) is 13.8 Å². The third-order valence-electron chi connectivity index (χ3n) is 6.44. The van der Waals surface area contributed by atoms with E-state index >= 15 is 0 Å². The summed E-state index contributed by atoms with van der Waals surface area (Å²) in [5, 5.41) is 14.9. The van der Waals surface area contributed by atoms with Crippen molar-refractivity contribution in [3.8, 4) is 0 Å². The van der Waals surface area contributed by atoms with E-state index in [0.717, 1.165) is 10.4 Å². The SMILES string of the molecule is CC[C@H](C)NC(=O)[C@@H](C)N(Cc1ccc(Cl)c(Cl)c1)C(=O)CN(c1cccc([N+](=O)[O-])c1)S(=O)(=O)c1ccccc1. The van der Waals surface area contributed by atoms with Gasteiger partial charge in [0.05, 0.1) is 25.6 Å². The Morgan fingerprint density at radius 2 is 1.66 bits per heavy atom. The molecule has 10 nitrogen and oxygen atoms in total. The van der Waals surface area contributed by atoms with E-state index < -0.39 is 39.3 Å². The van der Waals surface area contributed by atoms with Crippen LogP contribution in [-0.2, 0) is 26.2 Å².